The van der Waals surface area contributed by atoms with E-state index in [9.17, 15) is 4.79 Å². The number of hydrogen-bond acceptors (Lipinski definition) is 3. The lowest BCUT2D eigenvalue weighted by atomic mass is 10.3. The maximum Gasteiger partial charge on any atom is 0.236 e. The fourth-order valence-corrected chi connectivity index (χ4v) is 2.29. The van der Waals surface area contributed by atoms with Gasteiger partial charge < -0.3 is 10.2 Å². The van der Waals surface area contributed by atoms with E-state index >= 15 is 0 Å². The third kappa shape index (κ3) is 4.33. The molecule has 0 aromatic carbocycles. The van der Waals surface area contributed by atoms with Crippen molar-refractivity contribution in [2.75, 3.05) is 31.1 Å². The van der Waals surface area contributed by atoms with Crippen LogP contribution in [0.15, 0.2) is 0 Å². The third-order valence-electron chi connectivity index (χ3n) is 2.24. The van der Waals surface area contributed by atoms with Gasteiger partial charge in [0.15, 0.2) is 0 Å². The zero-order chi connectivity index (χ0) is 10.4. The molecule has 1 saturated heterocycles. The second-order valence-corrected chi connectivity index (χ2v) is 5.11. The zero-order valence-electron chi connectivity index (χ0n) is 9.08. The minimum Gasteiger partial charge on any atom is -0.341 e. The number of nitrogens with one attached hydrogen (secondary N) is 1. The van der Waals surface area contributed by atoms with Gasteiger partial charge in [0.25, 0.3) is 0 Å². The van der Waals surface area contributed by atoms with Crippen molar-refractivity contribution in [1.29, 1.82) is 0 Å². The molecule has 0 bridgehead atoms. The molecule has 1 aliphatic heterocycles. The number of thioether (sulfide) groups is 1. The summed E-state index contributed by atoms with van der Waals surface area (Å²) >= 11 is 1.95. The van der Waals surface area contributed by atoms with E-state index in [1.165, 1.54) is 5.75 Å². The molecule has 0 unspecified atom stereocenters. The van der Waals surface area contributed by atoms with Crippen molar-refractivity contribution in [2.45, 2.75) is 26.3 Å². The minimum atomic E-state index is 0.251. The molecule has 4 heteroatoms. The second kappa shape index (κ2) is 6.30. The molecule has 3 nitrogen and oxygen atoms in total. The molecule has 0 aromatic heterocycles. The van der Waals surface area contributed by atoms with Gasteiger partial charge in [-0.3, -0.25) is 4.79 Å². The van der Waals surface area contributed by atoms with Crippen LogP contribution >= 0.6 is 11.8 Å². The van der Waals surface area contributed by atoms with Gasteiger partial charge in [0.2, 0.25) is 5.91 Å². The highest BCUT2D eigenvalue weighted by atomic mass is 32.2. The van der Waals surface area contributed by atoms with E-state index < -0.39 is 0 Å². The van der Waals surface area contributed by atoms with Crippen molar-refractivity contribution in [2.24, 2.45) is 0 Å². The number of hydrogen-bond donors (Lipinski definition) is 1. The summed E-state index contributed by atoms with van der Waals surface area (Å²) in [5.41, 5.74) is 0. The lowest BCUT2D eigenvalue weighted by Crippen LogP contribution is -2.41. The Morgan fingerprint density at radius 1 is 1.43 bits per heavy atom. The Kier molecular flexibility index (Phi) is 5.33. The Labute approximate surface area is 90.6 Å². The molecule has 1 fully saturated rings. The van der Waals surface area contributed by atoms with Crippen LogP contribution in [0.2, 0.25) is 0 Å². The van der Waals surface area contributed by atoms with Gasteiger partial charge in [-0.1, -0.05) is 13.8 Å². The lowest BCUT2D eigenvalue weighted by molar-refractivity contribution is -0.130. The molecule has 1 N–H and O–H groups in total. The SMILES string of the molecule is CC(C)NCC(=O)N1CCCSCC1. The summed E-state index contributed by atoms with van der Waals surface area (Å²) in [6.07, 6.45) is 1.14. The van der Waals surface area contributed by atoms with Crippen LogP contribution in [0.3, 0.4) is 0 Å². The topological polar surface area (TPSA) is 32.3 Å². The molecule has 14 heavy (non-hydrogen) atoms. The summed E-state index contributed by atoms with van der Waals surface area (Å²) in [4.78, 5) is 13.7. The smallest absolute Gasteiger partial charge is 0.236 e. The summed E-state index contributed by atoms with van der Waals surface area (Å²) in [7, 11) is 0. The summed E-state index contributed by atoms with van der Waals surface area (Å²) in [6.45, 7) is 6.47. The van der Waals surface area contributed by atoms with Crippen LogP contribution in [0, 0.1) is 0 Å². The lowest BCUT2D eigenvalue weighted by Gasteiger charge is -2.20. The zero-order valence-corrected chi connectivity index (χ0v) is 9.90. The van der Waals surface area contributed by atoms with E-state index in [4.69, 9.17) is 0 Å². The van der Waals surface area contributed by atoms with Crippen LogP contribution in [0.1, 0.15) is 20.3 Å². The van der Waals surface area contributed by atoms with Crippen LogP contribution < -0.4 is 5.32 Å². The summed E-state index contributed by atoms with van der Waals surface area (Å²) in [6, 6.07) is 0.389. The van der Waals surface area contributed by atoms with Crippen molar-refractivity contribution in [3.63, 3.8) is 0 Å². The second-order valence-electron chi connectivity index (χ2n) is 3.88. The van der Waals surface area contributed by atoms with Gasteiger partial charge in [-0.05, 0) is 12.2 Å². The fourth-order valence-electron chi connectivity index (χ4n) is 1.40. The van der Waals surface area contributed by atoms with Gasteiger partial charge in [-0.2, -0.15) is 11.8 Å². The van der Waals surface area contributed by atoms with Crippen LogP contribution in [0.5, 0.6) is 0 Å². The maximum atomic E-state index is 11.7. The average Bonchev–Trinajstić information content (AvgIpc) is 2.42. The summed E-state index contributed by atoms with van der Waals surface area (Å²) in [5.74, 6) is 2.54. The van der Waals surface area contributed by atoms with Gasteiger partial charge in [-0.15, -0.1) is 0 Å². The maximum absolute atomic E-state index is 11.7. The van der Waals surface area contributed by atoms with Gasteiger partial charge in [0.05, 0.1) is 6.54 Å². The Balaban J connectivity index is 2.27. The fraction of sp³-hybridized carbons (Fsp3) is 0.900. The monoisotopic (exact) mass is 216 g/mol. The molecule has 1 rings (SSSR count). The largest absolute Gasteiger partial charge is 0.341 e. The number of nitrogens with zero attached hydrogens (tertiary/aromatic N) is 1. The number of carbonyl (C=O) groups excluding carboxylic acids is 1. The molecule has 0 atom stereocenters. The first-order valence-corrected chi connectivity index (χ1v) is 6.44. The average molecular weight is 216 g/mol. The first-order chi connectivity index (χ1) is 6.70. The highest BCUT2D eigenvalue weighted by Crippen LogP contribution is 2.09. The molecular weight excluding hydrogens is 196 g/mol. The molecule has 1 heterocycles. The van der Waals surface area contributed by atoms with E-state index in [1.54, 1.807) is 0 Å². The number of amides is 1. The van der Waals surface area contributed by atoms with Gasteiger partial charge >= 0.3 is 0 Å². The highest BCUT2D eigenvalue weighted by Gasteiger charge is 2.14. The Bertz CT molecular complexity index is 177. The standard InChI is InChI=1S/C10H20N2OS/c1-9(2)11-8-10(13)12-4-3-6-14-7-5-12/h9,11H,3-8H2,1-2H3. The predicted molar refractivity (Wildman–Crippen MR) is 61.7 cm³/mol. The van der Waals surface area contributed by atoms with Crippen molar-refractivity contribution in [1.82, 2.24) is 10.2 Å². The van der Waals surface area contributed by atoms with Crippen LogP contribution in [0.25, 0.3) is 0 Å². The van der Waals surface area contributed by atoms with Gasteiger partial charge in [0.1, 0.15) is 0 Å². The molecule has 0 aromatic rings. The molecule has 82 valence electrons. The first-order valence-electron chi connectivity index (χ1n) is 5.29. The van der Waals surface area contributed by atoms with E-state index in [0.717, 1.165) is 25.3 Å². The molecule has 0 saturated carbocycles. The van der Waals surface area contributed by atoms with Crippen LogP contribution in [-0.2, 0) is 4.79 Å². The number of carbonyl (C=O) groups is 1. The summed E-state index contributed by atoms with van der Waals surface area (Å²) < 4.78 is 0. The minimum absolute atomic E-state index is 0.251. The van der Waals surface area contributed by atoms with Gasteiger partial charge in [0, 0.05) is 24.9 Å². The Morgan fingerprint density at radius 3 is 2.93 bits per heavy atom. The first kappa shape index (κ1) is 11.9. The van der Waals surface area contributed by atoms with E-state index in [2.05, 4.69) is 19.2 Å². The van der Waals surface area contributed by atoms with Crippen LogP contribution in [0.4, 0.5) is 0 Å². The normalized spacial score (nSPS) is 18.4. The Hall–Kier alpha value is -0.220. The summed E-state index contributed by atoms with van der Waals surface area (Å²) in [5, 5.41) is 3.16. The molecule has 1 aliphatic rings. The van der Waals surface area contributed by atoms with E-state index in [0.29, 0.717) is 12.6 Å². The molecule has 0 aliphatic carbocycles. The third-order valence-corrected chi connectivity index (χ3v) is 3.29. The number of rotatable bonds is 3. The van der Waals surface area contributed by atoms with Crippen molar-refractivity contribution in [3.8, 4) is 0 Å². The van der Waals surface area contributed by atoms with Crippen molar-refractivity contribution < 1.29 is 4.79 Å². The Morgan fingerprint density at radius 2 is 2.21 bits per heavy atom. The van der Waals surface area contributed by atoms with E-state index in [-0.39, 0.29) is 5.91 Å². The van der Waals surface area contributed by atoms with E-state index in [1.807, 2.05) is 16.7 Å². The van der Waals surface area contributed by atoms with Crippen LogP contribution in [-0.4, -0.2) is 48.0 Å². The molecule has 0 radical (unpaired) electrons. The van der Waals surface area contributed by atoms with Crippen molar-refractivity contribution >= 4 is 17.7 Å². The molecular formula is C10H20N2OS. The van der Waals surface area contributed by atoms with Crippen molar-refractivity contribution in [3.05, 3.63) is 0 Å². The highest BCUT2D eigenvalue weighted by molar-refractivity contribution is 7.99. The van der Waals surface area contributed by atoms with Gasteiger partial charge in [-0.25, -0.2) is 0 Å². The molecule has 1 amide bonds. The quantitative estimate of drug-likeness (QED) is 0.762. The molecule has 0 spiro atoms. The predicted octanol–water partition coefficient (Wildman–Crippen LogP) is 0.950.